The van der Waals surface area contributed by atoms with Gasteiger partial charge in [-0.15, -0.1) is 0 Å². The largest absolute Gasteiger partial charge is 0.454 e. The standard InChI is InChI=1S/C14H21NO3S/c1-10(2)7-19(16)8-12(15-3)11-4-5-13-14(6-11)18-9-17-13/h4-6,10,12,15H,7-9H2,1-3H3. The molecule has 1 aliphatic heterocycles. The van der Waals surface area contributed by atoms with E-state index < -0.39 is 10.8 Å². The Bertz CT molecular complexity index is 462. The highest BCUT2D eigenvalue weighted by atomic mass is 32.2. The Kier molecular flexibility index (Phi) is 4.82. The van der Waals surface area contributed by atoms with Crippen LogP contribution in [0.25, 0.3) is 0 Å². The molecule has 0 spiro atoms. The van der Waals surface area contributed by atoms with Gasteiger partial charge in [0, 0.05) is 28.3 Å². The van der Waals surface area contributed by atoms with Crippen LogP contribution in [0.15, 0.2) is 18.2 Å². The van der Waals surface area contributed by atoms with Gasteiger partial charge in [-0.1, -0.05) is 19.9 Å². The number of rotatable bonds is 6. The van der Waals surface area contributed by atoms with E-state index in [9.17, 15) is 4.21 Å². The summed E-state index contributed by atoms with van der Waals surface area (Å²) in [5.41, 5.74) is 1.09. The third-order valence-corrected chi connectivity index (χ3v) is 4.76. The van der Waals surface area contributed by atoms with Crippen molar-refractivity contribution in [2.24, 2.45) is 5.92 Å². The third-order valence-electron chi connectivity index (χ3n) is 3.02. The molecule has 0 amide bonds. The Balaban J connectivity index is 2.07. The van der Waals surface area contributed by atoms with Crippen LogP contribution < -0.4 is 14.8 Å². The van der Waals surface area contributed by atoms with Gasteiger partial charge in [0.05, 0.1) is 0 Å². The summed E-state index contributed by atoms with van der Waals surface area (Å²) in [5.74, 6) is 3.36. The second-order valence-electron chi connectivity index (χ2n) is 5.12. The molecule has 19 heavy (non-hydrogen) atoms. The molecule has 1 aromatic carbocycles. The van der Waals surface area contributed by atoms with Gasteiger partial charge in [-0.05, 0) is 30.7 Å². The van der Waals surface area contributed by atoms with Crippen molar-refractivity contribution in [1.82, 2.24) is 5.32 Å². The Labute approximate surface area is 116 Å². The summed E-state index contributed by atoms with van der Waals surface area (Å²) in [5, 5.41) is 3.22. The fourth-order valence-electron chi connectivity index (χ4n) is 2.10. The van der Waals surface area contributed by atoms with Crippen molar-refractivity contribution < 1.29 is 13.7 Å². The van der Waals surface area contributed by atoms with Crippen molar-refractivity contribution in [2.45, 2.75) is 19.9 Å². The molecule has 2 unspecified atom stereocenters. The number of fused-ring (bicyclic) bond motifs is 1. The van der Waals surface area contributed by atoms with E-state index in [-0.39, 0.29) is 12.8 Å². The first kappa shape index (κ1) is 14.3. The highest BCUT2D eigenvalue weighted by Crippen LogP contribution is 2.34. The van der Waals surface area contributed by atoms with Gasteiger partial charge in [-0.3, -0.25) is 4.21 Å². The minimum absolute atomic E-state index is 0.0779. The smallest absolute Gasteiger partial charge is 0.231 e. The molecule has 1 heterocycles. The van der Waals surface area contributed by atoms with E-state index in [1.807, 2.05) is 25.2 Å². The van der Waals surface area contributed by atoms with Crippen LogP contribution in [0, 0.1) is 5.92 Å². The lowest BCUT2D eigenvalue weighted by molar-refractivity contribution is 0.174. The molecule has 0 radical (unpaired) electrons. The fraction of sp³-hybridized carbons (Fsp3) is 0.571. The number of hydrogen-bond donors (Lipinski definition) is 1. The molecule has 0 saturated heterocycles. The molecule has 0 aliphatic carbocycles. The monoisotopic (exact) mass is 283 g/mol. The molecule has 106 valence electrons. The quantitative estimate of drug-likeness (QED) is 0.868. The normalized spacial score (nSPS) is 16.6. The fourth-order valence-corrected chi connectivity index (χ4v) is 3.71. The molecule has 0 aromatic heterocycles. The van der Waals surface area contributed by atoms with Crippen molar-refractivity contribution >= 4 is 10.8 Å². The Morgan fingerprint density at radius 3 is 2.68 bits per heavy atom. The van der Waals surface area contributed by atoms with E-state index in [0.29, 0.717) is 11.7 Å². The van der Waals surface area contributed by atoms with Gasteiger partial charge in [-0.25, -0.2) is 0 Å². The Hall–Kier alpha value is -1.07. The van der Waals surface area contributed by atoms with E-state index >= 15 is 0 Å². The minimum atomic E-state index is -0.813. The average Bonchev–Trinajstić information content (AvgIpc) is 2.82. The first-order valence-corrected chi connectivity index (χ1v) is 8.00. The van der Waals surface area contributed by atoms with Crippen LogP contribution in [0.4, 0.5) is 0 Å². The second-order valence-corrected chi connectivity index (χ2v) is 6.67. The lowest BCUT2D eigenvalue weighted by atomic mass is 10.1. The molecule has 0 saturated carbocycles. The summed E-state index contributed by atoms with van der Waals surface area (Å²) in [6, 6.07) is 5.96. The molecule has 0 fully saturated rings. The first-order chi connectivity index (χ1) is 9.10. The van der Waals surface area contributed by atoms with Gasteiger partial charge in [0.25, 0.3) is 0 Å². The van der Waals surface area contributed by atoms with E-state index in [1.165, 1.54) is 0 Å². The van der Waals surface area contributed by atoms with Crippen molar-refractivity contribution in [3.8, 4) is 11.5 Å². The molecule has 4 nitrogen and oxygen atoms in total. The van der Waals surface area contributed by atoms with Crippen LogP contribution in [0.1, 0.15) is 25.5 Å². The van der Waals surface area contributed by atoms with Gasteiger partial charge < -0.3 is 14.8 Å². The summed E-state index contributed by atoms with van der Waals surface area (Å²) >= 11 is 0. The summed E-state index contributed by atoms with van der Waals surface area (Å²) in [4.78, 5) is 0. The second kappa shape index (κ2) is 6.39. The topological polar surface area (TPSA) is 47.6 Å². The first-order valence-electron chi connectivity index (χ1n) is 6.52. The molecule has 1 aromatic rings. The van der Waals surface area contributed by atoms with E-state index in [2.05, 4.69) is 19.2 Å². The maximum Gasteiger partial charge on any atom is 0.231 e. The maximum atomic E-state index is 12.0. The number of benzene rings is 1. The van der Waals surface area contributed by atoms with Crippen LogP contribution in [-0.4, -0.2) is 29.6 Å². The van der Waals surface area contributed by atoms with Gasteiger partial charge in [0.15, 0.2) is 11.5 Å². The van der Waals surface area contributed by atoms with Crippen LogP contribution in [-0.2, 0) is 10.8 Å². The molecule has 1 N–H and O–H groups in total. The number of hydrogen-bond acceptors (Lipinski definition) is 4. The van der Waals surface area contributed by atoms with Gasteiger partial charge in [0.2, 0.25) is 6.79 Å². The molecule has 1 aliphatic rings. The SMILES string of the molecule is CNC(CS(=O)CC(C)C)c1ccc2c(c1)OCO2. The van der Waals surface area contributed by atoms with Crippen LogP contribution >= 0.6 is 0 Å². The lowest BCUT2D eigenvalue weighted by Crippen LogP contribution is -2.24. The zero-order valence-electron chi connectivity index (χ0n) is 11.6. The van der Waals surface area contributed by atoms with E-state index in [0.717, 1.165) is 22.8 Å². The van der Waals surface area contributed by atoms with Gasteiger partial charge >= 0.3 is 0 Å². The third kappa shape index (κ3) is 3.70. The maximum absolute atomic E-state index is 12.0. The molecule has 5 heteroatoms. The van der Waals surface area contributed by atoms with Crippen molar-refractivity contribution in [3.05, 3.63) is 23.8 Å². The summed E-state index contributed by atoms with van der Waals surface area (Å²) in [6.07, 6.45) is 0. The zero-order chi connectivity index (χ0) is 13.8. The Morgan fingerprint density at radius 2 is 2.00 bits per heavy atom. The predicted molar refractivity (Wildman–Crippen MR) is 77.1 cm³/mol. The van der Waals surface area contributed by atoms with Crippen molar-refractivity contribution in [3.63, 3.8) is 0 Å². The molecule has 2 rings (SSSR count). The molecule has 2 atom stereocenters. The number of ether oxygens (including phenoxy) is 2. The average molecular weight is 283 g/mol. The van der Waals surface area contributed by atoms with Gasteiger partial charge in [0.1, 0.15) is 0 Å². The van der Waals surface area contributed by atoms with Crippen LogP contribution in [0.5, 0.6) is 11.5 Å². The summed E-state index contributed by atoms with van der Waals surface area (Å²) in [7, 11) is 1.08. The number of nitrogens with one attached hydrogen (secondary N) is 1. The Morgan fingerprint density at radius 1 is 1.26 bits per heavy atom. The minimum Gasteiger partial charge on any atom is -0.454 e. The van der Waals surface area contributed by atoms with E-state index in [4.69, 9.17) is 9.47 Å². The highest BCUT2D eigenvalue weighted by molar-refractivity contribution is 7.85. The van der Waals surface area contributed by atoms with Crippen LogP contribution in [0.3, 0.4) is 0 Å². The van der Waals surface area contributed by atoms with Crippen molar-refractivity contribution in [2.75, 3.05) is 25.3 Å². The van der Waals surface area contributed by atoms with Gasteiger partial charge in [-0.2, -0.15) is 0 Å². The zero-order valence-corrected chi connectivity index (χ0v) is 12.5. The molecular weight excluding hydrogens is 262 g/mol. The molecule has 0 bridgehead atoms. The van der Waals surface area contributed by atoms with Crippen LogP contribution in [0.2, 0.25) is 0 Å². The lowest BCUT2D eigenvalue weighted by Gasteiger charge is -2.17. The summed E-state index contributed by atoms with van der Waals surface area (Å²) in [6.45, 7) is 4.46. The summed E-state index contributed by atoms with van der Waals surface area (Å²) < 4.78 is 22.7. The molecular formula is C14H21NO3S. The highest BCUT2D eigenvalue weighted by Gasteiger charge is 2.19. The predicted octanol–water partition coefficient (Wildman–Crippen LogP) is 2.08. The van der Waals surface area contributed by atoms with E-state index in [1.54, 1.807) is 0 Å². The van der Waals surface area contributed by atoms with Crippen molar-refractivity contribution in [1.29, 1.82) is 0 Å².